The van der Waals surface area contributed by atoms with Gasteiger partial charge in [0.2, 0.25) is 10.0 Å². The number of rotatable bonds is 8. The van der Waals surface area contributed by atoms with Gasteiger partial charge in [0.1, 0.15) is 5.82 Å². The van der Waals surface area contributed by atoms with Crippen LogP contribution in [-0.4, -0.2) is 44.9 Å². The molecule has 1 unspecified atom stereocenters. The van der Waals surface area contributed by atoms with Crippen molar-refractivity contribution < 1.29 is 12.8 Å². The van der Waals surface area contributed by atoms with Gasteiger partial charge >= 0.3 is 0 Å². The molecule has 0 aliphatic carbocycles. The molecular weight excluding hydrogens is 311 g/mol. The molecule has 0 saturated carbocycles. The van der Waals surface area contributed by atoms with Crippen molar-refractivity contribution in [1.82, 2.24) is 9.62 Å². The zero-order valence-electron chi connectivity index (χ0n) is 12.9. The molecule has 0 aromatic heterocycles. The van der Waals surface area contributed by atoms with Crippen LogP contribution >= 0.6 is 11.8 Å². The minimum atomic E-state index is -3.70. The number of hydrogen-bond acceptors (Lipinski definition) is 4. The highest BCUT2D eigenvalue weighted by molar-refractivity contribution is 7.98. The number of thioether (sulfide) groups is 1. The van der Waals surface area contributed by atoms with Crippen molar-refractivity contribution >= 4 is 21.8 Å². The first-order chi connectivity index (χ1) is 9.84. The number of sulfonamides is 1. The molecule has 120 valence electrons. The molecule has 0 amide bonds. The first-order valence-corrected chi connectivity index (χ1v) is 9.58. The SMILES string of the molecule is CNCc1ccc(F)cc1S(=O)(=O)N(C)C(C)CCSC. The van der Waals surface area contributed by atoms with Gasteiger partial charge in [-0.25, -0.2) is 12.8 Å². The van der Waals surface area contributed by atoms with Crippen molar-refractivity contribution in [1.29, 1.82) is 0 Å². The summed E-state index contributed by atoms with van der Waals surface area (Å²) in [6.07, 6.45) is 2.74. The van der Waals surface area contributed by atoms with E-state index in [1.807, 2.05) is 13.2 Å². The number of hydrogen-bond donors (Lipinski definition) is 1. The van der Waals surface area contributed by atoms with E-state index in [9.17, 15) is 12.8 Å². The first-order valence-electron chi connectivity index (χ1n) is 6.74. The molecule has 0 heterocycles. The smallest absolute Gasteiger partial charge is 0.243 e. The average molecular weight is 334 g/mol. The van der Waals surface area contributed by atoms with Crippen LogP contribution in [0.5, 0.6) is 0 Å². The van der Waals surface area contributed by atoms with Crippen LogP contribution in [0.1, 0.15) is 18.9 Å². The second-order valence-corrected chi connectivity index (χ2v) is 7.89. The molecule has 1 aromatic carbocycles. The Bertz CT molecular complexity index is 564. The lowest BCUT2D eigenvalue weighted by Crippen LogP contribution is -2.36. The standard InChI is InChI=1S/C14H23FN2O2S2/c1-11(7-8-20-4)17(3)21(18,19)14-9-13(15)6-5-12(14)10-16-2/h5-6,9,11,16H,7-8,10H2,1-4H3. The van der Waals surface area contributed by atoms with E-state index in [1.165, 1.54) is 16.4 Å². The highest BCUT2D eigenvalue weighted by Crippen LogP contribution is 2.23. The summed E-state index contributed by atoms with van der Waals surface area (Å²) in [4.78, 5) is 0.0374. The molecule has 0 fully saturated rings. The molecule has 0 radical (unpaired) electrons. The molecule has 1 rings (SSSR count). The summed E-state index contributed by atoms with van der Waals surface area (Å²) in [6.45, 7) is 2.24. The van der Waals surface area contributed by atoms with E-state index in [-0.39, 0.29) is 10.9 Å². The van der Waals surface area contributed by atoms with Gasteiger partial charge in [-0.2, -0.15) is 16.1 Å². The summed E-state index contributed by atoms with van der Waals surface area (Å²) < 4.78 is 40.2. The molecule has 0 spiro atoms. The summed E-state index contributed by atoms with van der Waals surface area (Å²) >= 11 is 1.68. The Hall–Kier alpha value is -0.630. The van der Waals surface area contributed by atoms with Crippen LogP contribution in [0.4, 0.5) is 4.39 Å². The molecule has 1 aromatic rings. The van der Waals surface area contributed by atoms with Gasteiger partial charge < -0.3 is 5.32 Å². The third-order valence-corrected chi connectivity index (χ3v) is 6.11. The van der Waals surface area contributed by atoms with Crippen LogP contribution in [0.15, 0.2) is 23.1 Å². The summed E-state index contributed by atoms with van der Waals surface area (Å²) in [5.41, 5.74) is 0.572. The predicted molar refractivity (Wildman–Crippen MR) is 86.6 cm³/mol. The zero-order valence-corrected chi connectivity index (χ0v) is 14.5. The maximum absolute atomic E-state index is 13.5. The molecule has 7 heteroatoms. The fraction of sp³-hybridized carbons (Fsp3) is 0.571. The van der Waals surface area contributed by atoms with Crippen LogP contribution in [0.25, 0.3) is 0 Å². The van der Waals surface area contributed by atoms with Gasteiger partial charge in [0.25, 0.3) is 0 Å². The van der Waals surface area contributed by atoms with E-state index in [1.54, 1.807) is 25.9 Å². The van der Waals surface area contributed by atoms with Crippen LogP contribution in [0, 0.1) is 5.82 Å². The van der Waals surface area contributed by atoms with Crippen molar-refractivity contribution in [2.75, 3.05) is 26.1 Å². The van der Waals surface area contributed by atoms with Gasteiger partial charge in [0.05, 0.1) is 4.90 Å². The Kier molecular flexibility index (Phi) is 7.12. The fourth-order valence-corrected chi connectivity index (χ4v) is 4.17. The van der Waals surface area contributed by atoms with E-state index >= 15 is 0 Å². The lowest BCUT2D eigenvalue weighted by molar-refractivity contribution is 0.381. The van der Waals surface area contributed by atoms with Gasteiger partial charge in [-0.1, -0.05) is 6.07 Å². The van der Waals surface area contributed by atoms with Crippen LogP contribution in [0.2, 0.25) is 0 Å². The van der Waals surface area contributed by atoms with Crippen LogP contribution < -0.4 is 5.32 Å². The molecule has 1 N–H and O–H groups in total. The van der Waals surface area contributed by atoms with Gasteiger partial charge in [0, 0.05) is 19.6 Å². The molecule has 0 aliphatic heterocycles. The molecular formula is C14H23FN2O2S2. The van der Waals surface area contributed by atoms with E-state index < -0.39 is 15.8 Å². The number of halogens is 1. The first kappa shape index (κ1) is 18.4. The molecule has 4 nitrogen and oxygen atoms in total. The zero-order chi connectivity index (χ0) is 16.0. The lowest BCUT2D eigenvalue weighted by Gasteiger charge is -2.25. The Morgan fingerprint density at radius 2 is 2.10 bits per heavy atom. The quantitative estimate of drug-likeness (QED) is 0.792. The summed E-state index contributed by atoms with van der Waals surface area (Å²) in [7, 11) is -0.423. The van der Waals surface area contributed by atoms with Crippen molar-refractivity contribution in [3.8, 4) is 0 Å². The third kappa shape index (κ3) is 4.67. The number of nitrogens with one attached hydrogen (secondary N) is 1. The summed E-state index contributed by atoms with van der Waals surface area (Å²) in [6, 6.07) is 3.76. The number of benzene rings is 1. The Balaban J connectivity index is 3.14. The van der Waals surface area contributed by atoms with E-state index in [4.69, 9.17) is 0 Å². The van der Waals surface area contributed by atoms with Gasteiger partial charge in [-0.05, 0) is 50.1 Å². The molecule has 0 saturated heterocycles. The summed E-state index contributed by atoms with van der Waals surface area (Å²) in [5, 5.41) is 2.91. The van der Waals surface area contributed by atoms with Gasteiger partial charge in [-0.3, -0.25) is 0 Å². The maximum Gasteiger partial charge on any atom is 0.243 e. The Labute approximate surface area is 131 Å². The highest BCUT2D eigenvalue weighted by Gasteiger charge is 2.27. The topological polar surface area (TPSA) is 49.4 Å². The third-order valence-electron chi connectivity index (χ3n) is 3.41. The minimum absolute atomic E-state index is 0.0374. The van der Waals surface area contributed by atoms with Gasteiger partial charge in [-0.15, -0.1) is 0 Å². The van der Waals surface area contributed by atoms with Crippen LogP contribution in [-0.2, 0) is 16.6 Å². The molecule has 21 heavy (non-hydrogen) atoms. The summed E-state index contributed by atoms with van der Waals surface area (Å²) in [5.74, 6) is 0.340. The molecule has 0 bridgehead atoms. The predicted octanol–water partition coefficient (Wildman–Crippen LogP) is 2.31. The molecule has 1 atom stereocenters. The molecule has 0 aliphatic rings. The van der Waals surface area contributed by atoms with Crippen LogP contribution in [0.3, 0.4) is 0 Å². The van der Waals surface area contributed by atoms with E-state index in [2.05, 4.69) is 5.32 Å². The van der Waals surface area contributed by atoms with Crippen molar-refractivity contribution in [2.24, 2.45) is 0 Å². The van der Waals surface area contributed by atoms with Crippen molar-refractivity contribution in [3.63, 3.8) is 0 Å². The lowest BCUT2D eigenvalue weighted by atomic mass is 10.2. The van der Waals surface area contributed by atoms with Crippen molar-refractivity contribution in [3.05, 3.63) is 29.6 Å². The average Bonchev–Trinajstić information content (AvgIpc) is 2.45. The van der Waals surface area contributed by atoms with E-state index in [0.717, 1.165) is 18.2 Å². The van der Waals surface area contributed by atoms with Crippen molar-refractivity contribution in [2.45, 2.75) is 30.8 Å². The Morgan fingerprint density at radius 1 is 1.43 bits per heavy atom. The normalized spacial score (nSPS) is 13.6. The Morgan fingerprint density at radius 3 is 2.67 bits per heavy atom. The number of nitrogens with zero attached hydrogens (tertiary/aromatic N) is 1. The van der Waals surface area contributed by atoms with E-state index in [0.29, 0.717) is 12.1 Å². The largest absolute Gasteiger partial charge is 0.316 e. The second-order valence-electron chi connectivity index (χ2n) is 4.93. The highest BCUT2D eigenvalue weighted by atomic mass is 32.2. The van der Waals surface area contributed by atoms with Gasteiger partial charge in [0.15, 0.2) is 0 Å². The maximum atomic E-state index is 13.5. The second kappa shape index (κ2) is 8.12. The fourth-order valence-electron chi connectivity index (χ4n) is 1.97. The minimum Gasteiger partial charge on any atom is -0.316 e. The monoisotopic (exact) mass is 334 g/mol.